The van der Waals surface area contributed by atoms with Crippen molar-refractivity contribution in [3.63, 3.8) is 0 Å². The predicted molar refractivity (Wildman–Crippen MR) is 145 cm³/mol. The molecule has 0 aliphatic rings. The van der Waals surface area contributed by atoms with Crippen LogP contribution in [0.1, 0.15) is 18.1 Å². The number of thioether (sulfide) groups is 1. The van der Waals surface area contributed by atoms with E-state index in [0.717, 1.165) is 22.5 Å². The summed E-state index contributed by atoms with van der Waals surface area (Å²) in [7, 11) is 0. The van der Waals surface area contributed by atoms with E-state index in [1.54, 1.807) is 10.8 Å². The van der Waals surface area contributed by atoms with E-state index < -0.39 is 0 Å². The first-order valence-electron chi connectivity index (χ1n) is 11.1. The van der Waals surface area contributed by atoms with Crippen LogP contribution in [-0.2, 0) is 5.75 Å². The number of aryl methyl sites for hydroxylation is 1. The number of pyridine rings is 1. The molecular weight excluding hydrogens is 497 g/mol. The van der Waals surface area contributed by atoms with Crippen molar-refractivity contribution in [3.05, 3.63) is 98.5 Å². The molecule has 2 aromatic carbocycles. The van der Waals surface area contributed by atoms with E-state index in [-0.39, 0.29) is 5.56 Å². The Labute approximate surface area is 215 Å². The first-order chi connectivity index (χ1) is 17.1. The van der Waals surface area contributed by atoms with Gasteiger partial charge in [0.15, 0.2) is 14.8 Å². The highest BCUT2D eigenvalue weighted by Gasteiger charge is 2.21. The van der Waals surface area contributed by atoms with Gasteiger partial charge in [0.05, 0.1) is 18.0 Å². The normalized spacial score (nSPS) is 11.1. The summed E-state index contributed by atoms with van der Waals surface area (Å²) in [4.78, 5) is 23.2. The molecule has 35 heavy (non-hydrogen) atoms. The number of ether oxygens (including phenoxy) is 1. The van der Waals surface area contributed by atoms with Crippen LogP contribution < -0.4 is 10.3 Å². The highest BCUT2D eigenvalue weighted by molar-refractivity contribution is 7.98. The molecule has 9 heteroatoms. The molecule has 3 heterocycles. The van der Waals surface area contributed by atoms with Crippen LogP contribution in [0.25, 0.3) is 21.7 Å². The Balaban J connectivity index is 1.76. The maximum absolute atomic E-state index is 13.9. The summed E-state index contributed by atoms with van der Waals surface area (Å²) in [5.74, 6) is 1.32. The highest BCUT2D eigenvalue weighted by Crippen LogP contribution is 2.32. The molecule has 0 saturated carbocycles. The summed E-state index contributed by atoms with van der Waals surface area (Å²) < 4.78 is 10.4. The van der Waals surface area contributed by atoms with E-state index in [1.165, 1.54) is 23.1 Å². The molecule has 3 aromatic heterocycles. The van der Waals surface area contributed by atoms with Crippen LogP contribution in [0.15, 0.2) is 83.0 Å². The number of thiazole rings is 1. The lowest BCUT2D eigenvalue weighted by molar-refractivity contribution is 0.339. The highest BCUT2D eigenvalue weighted by atomic mass is 32.2. The molecule has 0 saturated heterocycles. The van der Waals surface area contributed by atoms with Crippen molar-refractivity contribution in [3.8, 4) is 17.1 Å². The van der Waals surface area contributed by atoms with Crippen LogP contribution in [0.5, 0.6) is 5.75 Å². The molecule has 0 fully saturated rings. The van der Waals surface area contributed by atoms with E-state index in [9.17, 15) is 4.79 Å². The third kappa shape index (κ3) is 4.54. The molecule has 0 aliphatic heterocycles. The fraction of sp³-hybridized carbons (Fsp3) is 0.154. The van der Waals surface area contributed by atoms with E-state index in [2.05, 4.69) is 4.98 Å². The van der Waals surface area contributed by atoms with Gasteiger partial charge in [-0.1, -0.05) is 59.5 Å². The van der Waals surface area contributed by atoms with Gasteiger partial charge >= 0.3 is 0 Å². The van der Waals surface area contributed by atoms with Crippen LogP contribution >= 0.6 is 35.3 Å². The molecule has 0 spiro atoms. The third-order valence-corrected chi connectivity index (χ3v) is 7.79. The van der Waals surface area contributed by atoms with E-state index in [1.807, 2.05) is 85.3 Å². The maximum Gasteiger partial charge on any atom is 0.278 e. The monoisotopic (exact) mass is 518 g/mol. The molecule has 0 radical (unpaired) electrons. The van der Waals surface area contributed by atoms with E-state index >= 15 is 0 Å². The molecule has 0 atom stereocenters. The Morgan fingerprint density at radius 1 is 1.03 bits per heavy atom. The average molecular weight is 519 g/mol. The molecule has 0 amide bonds. The van der Waals surface area contributed by atoms with Gasteiger partial charge in [-0.2, -0.15) is 0 Å². The molecular formula is C26H22N4O2S3. The largest absolute Gasteiger partial charge is 0.492 e. The number of hydrogen-bond acceptors (Lipinski definition) is 7. The van der Waals surface area contributed by atoms with Gasteiger partial charge in [0.2, 0.25) is 0 Å². The Hall–Kier alpha value is -3.27. The number of fused-ring (bicyclic) bond motifs is 1. The molecule has 176 valence electrons. The Bertz CT molecular complexity index is 1620. The zero-order valence-electron chi connectivity index (χ0n) is 19.2. The molecule has 0 bridgehead atoms. The van der Waals surface area contributed by atoms with Crippen molar-refractivity contribution < 1.29 is 4.74 Å². The summed E-state index contributed by atoms with van der Waals surface area (Å²) in [5, 5.41) is 0.594. The maximum atomic E-state index is 13.9. The number of hydrogen-bond donors (Lipinski definition) is 0. The number of rotatable bonds is 7. The van der Waals surface area contributed by atoms with Crippen LogP contribution in [-0.4, -0.2) is 25.7 Å². The van der Waals surface area contributed by atoms with Gasteiger partial charge in [0, 0.05) is 18.1 Å². The summed E-state index contributed by atoms with van der Waals surface area (Å²) in [6.07, 6.45) is 3.57. The number of nitrogens with zero attached hydrogens (tertiary/aromatic N) is 4. The van der Waals surface area contributed by atoms with Crippen LogP contribution in [0.4, 0.5) is 0 Å². The number of benzene rings is 2. The van der Waals surface area contributed by atoms with Gasteiger partial charge in [0.1, 0.15) is 10.4 Å². The second kappa shape index (κ2) is 10.2. The molecule has 0 aliphatic carbocycles. The molecule has 0 N–H and O–H groups in total. The number of aromatic nitrogens is 4. The lowest BCUT2D eigenvalue weighted by atomic mass is 10.2. The fourth-order valence-electron chi connectivity index (χ4n) is 3.82. The van der Waals surface area contributed by atoms with E-state index in [4.69, 9.17) is 21.9 Å². The zero-order valence-corrected chi connectivity index (χ0v) is 21.6. The van der Waals surface area contributed by atoms with Gasteiger partial charge in [-0.3, -0.25) is 18.9 Å². The summed E-state index contributed by atoms with van der Waals surface area (Å²) in [5.41, 5.74) is 4.02. The topological polar surface area (TPSA) is 61.9 Å². The van der Waals surface area contributed by atoms with Crippen LogP contribution in [0.3, 0.4) is 0 Å². The second-order valence-corrected chi connectivity index (χ2v) is 10.3. The van der Waals surface area contributed by atoms with Gasteiger partial charge in [-0.25, -0.2) is 4.98 Å². The van der Waals surface area contributed by atoms with Crippen molar-refractivity contribution in [1.29, 1.82) is 0 Å². The van der Waals surface area contributed by atoms with Gasteiger partial charge in [-0.05, 0) is 61.5 Å². The van der Waals surface area contributed by atoms with Crippen molar-refractivity contribution >= 4 is 45.7 Å². The van der Waals surface area contributed by atoms with Crippen molar-refractivity contribution in [2.45, 2.75) is 24.8 Å². The predicted octanol–water partition coefficient (Wildman–Crippen LogP) is 6.36. The lowest BCUT2D eigenvalue weighted by Crippen LogP contribution is -2.22. The summed E-state index contributed by atoms with van der Waals surface area (Å²) in [6, 6.07) is 19.4. The minimum atomic E-state index is -0.137. The molecule has 5 rings (SSSR count). The third-order valence-electron chi connectivity index (χ3n) is 5.43. The Morgan fingerprint density at radius 2 is 1.80 bits per heavy atom. The minimum Gasteiger partial charge on any atom is -0.492 e. The second-order valence-electron chi connectivity index (χ2n) is 7.73. The summed E-state index contributed by atoms with van der Waals surface area (Å²) in [6.45, 7) is 4.45. The first-order valence-corrected chi connectivity index (χ1v) is 13.3. The smallest absolute Gasteiger partial charge is 0.278 e. The van der Waals surface area contributed by atoms with Gasteiger partial charge < -0.3 is 4.74 Å². The minimum absolute atomic E-state index is 0.137. The zero-order chi connectivity index (χ0) is 24.4. The first kappa shape index (κ1) is 23.5. The van der Waals surface area contributed by atoms with Crippen molar-refractivity contribution in [2.75, 3.05) is 6.61 Å². The molecule has 6 nitrogen and oxygen atoms in total. The number of para-hydroxylation sites is 3. The van der Waals surface area contributed by atoms with Crippen LogP contribution in [0, 0.1) is 10.9 Å². The SMILES string of the molecule is CCOc1ccccc1-n1c(=S)sc2c(=O)n(-c3ccccc3C)c(SCc3cccnc3)nc21. The Morgan fingerprint density at radius 3 is 2.54 bits per heavy atom. The van der Waals surface area contributed by atoms with E-state index in [0.29, 0.717) is 37.6 Å². The molecule has 0 unspecified atom stereocenters. The standard InChI is InChI=1S/C26H22N4O2S3/c1-3-32-21-13-7-6-12-20(21)29-23-22(35-26(29)33)24(31)30(19-11-5-4-9-17(19)2)25(28-23)34-16-18-10-8-14-27-15-18/h4-15H,3,16H2,1-2H3. The molecule has 5 aromatic rings. The van der Waals surface area contributed by atoms with Gasteiger partial charge in [0.25, 0.3) is 5.56 Å². The lowest BCUT2D eigenvalue weighted by Gasteiger charge is -2.15. The quantitative estimate of drug-likeness (QED) is 0.142. The summed E-state index contributed by atoms with van der Waals surface area (Å²) >= 11 is 8.50. The van der Waals surface area contributed by atoms with Crippen molar-refractivity contribution in [2.24, 2.45) is 0 Å². The van der Waals surface area contributed by atoms with Gasteiger partial charge in [-0.15, -0.1) is 0 Å². The van der Waals surface area contributed by atoms with Crippen LogP contribution in [0.2, 0.25) is 0 Å². The average Bonchev–Trinajstić information content (AvgIpc) is 3.21. The fourth-order valence-corrected chi connectivity index (χ4v) is 6.04. The Kier molecular flexibility index (Phi) is 6.81. The van der Waals surface area contributed by atoms with Crippen molar-refractivity contribution in [1.82, 2.24) is 19.1 Å².